The predicted molar refractivity (Wildman–Crippen MR) is 201 cm³/mol. The lowest BCUT2D eigenvalue weighted by atomic mass is 9.89. The topological polar surface area (TPSA) is 87.7 Å². The van der Waals surface area contributed by atoms with Gasteiger partial charge in [0, 0.05) is 84.4 Å². The first-order chi connectivity index (χ1) is 23.4. The summed E-state index contributed by atoms with van der Waals surface area (Å²) in [6.45, 7) is 12.4. The van der Waals surface area contributed by atoms with Crippen LogP contribution in [0.2, 0.25) is 0 Å². The van der Waals surface area contributed by atoms with E-state index in [0.717, 1.165) is 38.2 Å². The van der Waals surface area contributed by atoms with Crippen LogP contribution in [0.1, 0.15) is 63.0 Å². The Morgan fingerprint density at radius 3 is 1.84 bits per heavy atom. The first-order valence-electron chi connectivity index (χ1n) is 18.4. The maximum Gasteiger partial charge on any atom is 0.282 e. The summed E-state index contributed by atoms with van der Waals surface area (Å²) in [7, 11) is -3.65. The number of hydrogen-bond acceptors (Lipinski definition) is 7. The summed E-state index contributed by atoms with van der Waals surface area (Å²) in [5, 5.41) is 0. The minimum atomic E-state index is -3.77. The van der Waals surface area contributed by atoms with E-state index in [1.165, 1.54) is 48.9 Å². The van der Waals surface area contributed by atoms with Crippen LogP contribution in [0.25, 0.3) is 0 Å². The zero-order chi connectivity index (χ0) is 35.2. The summed E-state index contributed by atoms with van der Waals surface area (Å²) in [5.74, 6) is 0.476. The molecule has 2 aliphatic heterocycles. The lowest BCUT2D eigenvalue weighted by Crippen LogP contribution is -2.54. The molecule has 10 nitrogen and oxygen atoms in total. The molecule has 0 amide bonds. The van der Waals surface area contributed by atoms with E-state index in [4.69, 9.17) is 0 Å². The van der Waals surface area contributed by atoms with Gasteiger partial charge in [0.05, 0.1) is 4.90 Å². The molecule has 2 aromatic carbocycles. The van der Waals surface area contributed by atoms with Gasteiger partial charge in [-0.1, -0.05) is 44.4 Å². The summed E-state index contributed by atoms with van der Waals surface area (Å²) >= 11 is 0. The smallest absolute Gasteiger partial charge is 0.282 e. The van der Waals surface area contributed by atoms with E-state index in [9.17, 15) is 16.8 Å². The number of anilines is 2. The van der Waals surface area contributed by atoms with Crippen LogP contribution in [0.5, 0.6) is 0 Å². The quantitative estimate of drug-likeness (QED) is 0.379. The van der Waals surface area contributed by atoms with Crippen LogP contribution in [-0.4, -0.2) is 121 Å². The third kappa shape index (κ3) is 9.56. The van der Waals surface area contributed by atoms with Crippen molar-refractivity contribution >= 4 is 31.6 Å². The molecule has 12 heteroatoms. The van der Waals surface area contributed by atoms with Gasteiger partial charge >= 0.3 is 0 Å². The van der Waals surface area contributed by atoms with Crippen LogP contribution in [0, 0.1) is 25.7 Å². The molecule has 2 heterocycles. The van der Waals surface area contributed by atoms with Gasteiger partial charge in [-0.2, -0.15) is 21.3 Å². The van der Waals surface area contributed by atoms with Crippen molar-refractivity contribution in [1.29, 1.82) is 0 Å². The van der Waals surface area contributed by atoms with Gasteiger partial charge in [-0.25, -0.2) is 8.42 Å². The summed E-state index contributed by atoms with van der Waals surface area (Å²) < 4.78 is 61.8. The van der Waals surface area contributed by atoms with Gasteiger partial charge in [0.15, 0.2) is 0 Å². The fourth-order valence-corrected chi connectivity index (χ4v) is 11.4. The zero-order valence-electron chi connectivity index (χ0n) is 30.6. The van der Waals surface area contributed by atoms with Crippen LogP contribution in [0.4, 0.5) is 11.4 Å². The number of piperazine rings is 1. The van der Waals surface area contributed by atoms with Gasteiger partial charge in [-0.15, -0.1) is 0 Å². The maximum absolute atomic E-state index is 14.3. The molecular formula is C37H60N6O4S2. The summed E-state index contributed by atoms with van der Waals surface area (Å²) in [4.78, 5) is 7.02. The van der Waals surface area contributed by atoms with Crippen molar-refractivity contribution in [2.45, 2.75) is 70.6 Å². The minimum absolute atomic E-state index is 0.181. The van der Waals surface area contributed by atoms with Crippen LogP contribution >= 0.6 is 0 Å². The van der Waals surface area contributed by atoms with Crippen molar-refractivity contribution in [1.82, 2.24) is 17.8 Å². The van der Waals surface area contributed by atoms with E-state index in [2.05, 4.69) is 41.8 Å². The first kappa shape index (κ1) is 38.0. The molecule has 0 unspecified atom stereocenters. The number of aryl methyl sites for hydroxylation is 2. The average molecular weight is 717 g/mol. The molecule has 49 heavy (non-hydrogen) atoms. The van der Waals surface area contributed by atoms with E-state index < -0.39 is 20.2 Å². The first-order valence-corrected chi connectivity index (χ1v) is 21.3. The second kappa shape index (κ2) is 16.9. The zero-order valence-corrected chi connectivity index (χ0v) is 32.2. The normalized spacial score (nSPS) is 22.8. The van der Waals surface area contributed by atoms with E-state index >= 15 is 0 Å². The number of para-hydroxylation sites is 1. The molecule has 1 saturated carbocycles. The summed E-state index contributed by atoms with van der Waals surface area (Å²) in [5.41, 5.74) is 4.56. The van der Waals surface area contributed by atoms with Crippen molar-refractivity contribution in [3.63, 3.8) is 0 Å². The van der Waals surface area contributed by atoms with Crippen LogP contribution in [0.15, 0.2) is 47.4 Å². The number of benzene rings is 2. The molecule has 274 valence electrons. The highest BCUT2D eigenvalue weighted by molar-refractivity contribution is 7.89. The standard InChI is InChI=1S/C37H60N6O4S2/c1-31-28-42(48(44,45)36-18-16-35(17-19-36)38(4)5)22-10-20-39(30-34-14-7-6-8-15-34)21-11-23-43(29-31)49(46,47)41-26-24-40(25-27-41)37-32(2)12-9-13-33(37)3/h9,12-13,16-19,31,34H,6-8,10-11,14-15,20-30H2,1-5H3/t31-/m0/s1. The highest BCUT2D eigenvalue weighted by Gasteiger charge is 2.35. The van der Waals surface area contributed by atoms with E-state index in [-0.39, 0.29) is 23.9 Å². The van der Waals surface area contributed by atoms with Gasteiger partial charge in [-0.05, 0) is 99.8 Å². The van der Waals surface area contributed by atoms with Crippen molar-refractivity contribution in [3.05, 3.63) is 53.6 Å². The third-order valence-electron chi connectivity index (χ3n) is 10.7. The van der Waals surface area contributed by atoms with Crippen LogP contribution in [-0.2, 0) is 20.2 Å². The van der Waals surface area contributed by atoms with Gasteiger partial charge in [-0.3, -0.25) is 0 Å². The summed E-state index contributed by atoms with van der Waals surface area (Å²) in [6, 6.07) is 13.4. The largest absolute Gasteiger partial charge is 0.378 e. The number of rotatable bonds is 8. The van der Waals surface area contributed by atoms with Crippen molar-refractivity contribution in [3.8, 4) is 0 Å². The summed E-state index contributed by atoms with van der Waals surface area (Å²) in [6.07, 6.45) is 7.86. The molecular weight excluding hydrogens is 657 g/mol. The molecule has 1 aliphatic carbocycles. The van der Waals surface area contributed by atoms with Crippen molar-refractivity contribution in [2.24, 2.45) is 11.8 Å². The fraction of sp³-hybridized carbons (Fsp3) is 0.676. The second-order valence-corrected chi connectivity index (χ2v) is 18.7. The van der Waals surface area contributed by atoms with Crippen molar-refractivity contribution < 1.29 is 16.8 Å². The van der Waals surface area contributed by atoms with Gasteiger partial charge in [0.25, 0.3) is 10.2 Å². The molecule has 3 fully saturated rings. The van der Waals surface area contributed by atoms with E-state index in [0.29, 0.717) is 45.2 Å². The van der Waals surface area contributed by atoms with E-state index in [1.807, 2.05) is 38.1 Å². The Kier molecular flexibility index (Phi) is 13.1. The van der Waals surface area contributed by atoms with Gasteiger partial charge in [0.2, 0.25) is 10.0 Å². The molecule has 3 aliphatic rings. The second-order valence-electron chi connectivity index (χ2n) is 14.9. The molecule has 0 radical (unpaired) electrons. The molecule has 0 N–H and O–H groups in total. The Balaban J connectivity index is 1.35. The lowest BCUT2D eigenvalue weighted by Gasteiger charge is -2.40. The molecule has 5 rings (SSSR count). The molecule has 2 aromatic rings. The number of hydrogen-bond donors (Lipinski definition) is 0. The van der Waals surface area contributed by atoms with E-state index in [1.54, 1.807) is 25.0 Å². The Bertz CT molecular complexity index is 1550. The monoisotopic (exact) mass is 716 g/mol. The molecule has 2 saturated heterocycles. The SMILES string of the molecule is Cc1cccc(C)c1N1CCN(S(=O)(=O)N2CCCN(CC3CCCCC3)CCCN(S(=O)(=O)c3ccc(N(C)C)cc3)C[C@H](C)C2)CC1. The Morgan fingerprint density at radius 1 is 0.673 bits per heavy atom. The van der Waals surface area contributed by atoms with Gasteiger partial charge < -0.3 is 14.7 Å². The number of nitrogens with zero attached hydrogens (tertiary/aromatic N) is 6. The molecule has 0 bridgehead atoms. The lowest BCUT2D eigenvalue weighted by molar-refractivity contribution is 0.179. The Morgan fingerprint density at radius 2 is 1.24 bits per heavy atom. The Hall–Kier alpha value is -2.22. The molecule has 0 spiro atoms. The van der Waals surface area contributed by atoms with Gasteiger partial charge in [0.1, 0.15) is 0 Å². The van der Waals surface area contributed by atoms with Crippen LogP contribution < -0.4 is 9.80 Å². The van der Waals surface area contributed by atoms with Crippen molar-refractivity contribution in [2.75, 3.05) is 95.9 Å². The molecule has 1 atom stereocenters. The average Bonchev–Trinajstić information content (AvgIpc) is 3.07. The van der Waals surface area contributed by atoms with Crippen LogP contribution in [0.3, 0.4) is 0 Å². The molecule has 0 aromatic heterocycles. The number of sulfonamides is 1. The third-order valence-corrected chi connectivity index (χ3v) is 14.6. The highest BCUT2D eigenvalue weighted by atomic mass is 32.2. The highest BCUT2D eigenvalue weighted by Crippen LogP contribution is 2.28. The fourth-order valence-electron chi connectivity index (χ4n) is 8.01. The Labute approximate surface area is 297 Å². The predicted octanol–water partition coefficient (Wildman–Crippen LogP) is 5.04. The maximum atomic E-state index is 14.3. The minimum Gasteiger partial charge on any atom is -0.378 e.